The standard InChI is InChI=1S/C12H12Cl2N2O/c13-8-5-10-11(6-9(8)14)16(7-1-2-7)4-3-12(17)15-10/h5-7H,1-4H2,(H,15,17). The van der Waals surface area contributed by atoms with Crippen LogP contribution in [0.1, 0.15) is 19.3 Å². The Hall–Kier alpha value is -0.930. The molecule has 1 N–H and O–H groups in total. The van der Waals surface area contributed by atoms with Crippen LogP contribution >= 0.6 is 23.2 Å². The minimum absolute atomic E-state index is 0.0350. The van der Waals surface area contributed by atoms with Gasteiger partial charge in [-0.2, -0.15) is 0 Å². The van der Waals surface area contributed by atoms with E-state index in [1.54, 1.807) is 6.07 Å². The van der Waals surface area contributed by atoms with E-state index in [1.807, 2.05) is 6.07 Å². The van der Waals surface area contributed by atoms with Crippen LogP contribution in [0.3, 0.4) is 0 Å². The first-order chi connectivity index (χ1) is 8.15. The topological polar surface area (TPSA) is 32.3 Å². The van der Waals surface area contributed by atoms with Crippen molar-refractivity contribution < 1.29 is 4.79 Å². The molecule has 90 valence electrons. The summed E-state index contributed by atoms with van der Waals surface area (Å²) in [5.41, 5.74) is 1.77. The molecule has 0 atom stereocenters. The number of carbonyl (C=O) groups is 1. The van der Waals surface area contributed by atoms with Gasteiger partial charge in [0.1, 0.15) is 0 Å². The van der Waals surface area contributed by atoms with Crippen LogP contribution < -0.4 is 10.2 Å². The lowest BCUT2D eigenvalue weighted by Gasteiger charge is -2.24. The summed E-state index contributed by atoms with van der Waals surface area (Å²) >= 11 is 12.0. The van der Waals surface area contributed by atoms with E-state index in [4.69, 9.17) is 23.2 Å². The first-order valence-corrected chi connectivity index (χ1v) is 6.46. The molecule has 0 spiro atoms. The van der Waals surface area contributed by atoms with Crippen LogP contribution in [0.4, 0.5) is 11.4 Å². The van der Waals surface area contributed by atoms with Crippen molar-refractivity contribution in [2.45, 2.75) is 25.3 Å². The molecule has 0 bridgehead atoms. The highest BCUT2D eigenvalue weighted by molar-refractivity contribution is 6.42. The van der Waals surface area contributed by atoms with Crippen LogP contribution in [0, 0.1) is 0 Å². The maximum Gasteiger partial charge on any atom is 0.226 e. The number of nitrogens with zero attached hydrogens (tertiary/aromatic N) is 1. The molecule has 1 amide bonds. The summed E-state index contributed by atoms with van der Waals surface area (Å²) in [6.45, 7) is 0.751. The zero-order valence-electron chi connectivity index (χ0n) is 9.17. The van der Waals surface area contributed by atoms with Crippen LogP contribution in [0.2, 0.25) is 10.0 Å². The van der Waals surface area contributed by atoms with E-state index in [9.17, 15) is 4.79 Å². The second-order valence-electron chi connectivity index (χ2n) is 4.51. The minimum atomic E-state index is 0.0350. The number of nitrogens with one attached hydrogen (secondary N) is 1. The SMILES string of the molecule is O=C1CCN(C2CC2)c2cc(Cl)c(Cl)cc2N1. The fraction of sp³-hybridized carbons (Fsp3) is 0.417. The van der Waals surface area contributed by atoms with Gasteiger partial charge in [-0.15, -0.1) is 0 Å². The molecule has 3 nitrogen and oxygen atoms in total. The molecule has 1 aliphatic heterocycles. The van der Waals surface area contributed by atoms with E-state index in [1.165, 1.54) is 12.8 Å². The number of anilines is 2. The van der Waals surface area contributed by atoms with Gasteiger partial charge in [-0.3, -0.25) is 4.79 Å². The van der Waals surface area contributed by atoms with Crippen molar-refractivity contribution in [1.29, 1.82) is 0 Å². The van der Waals surface area contributed by atoms with Crippen LogP contribution in [0.15, 0.2) is 12.1 Å². The molecule has 0 saturated heterocycles. The predicted molar refractivity (Wildman–Crippen MR) is 70.1 cm³/mol. The molecule has 2 aliphatic rings. The molecule has 1 aromatic carbocycles. The number of amides is 1. The van der Waals surface area contributed by atoms with Gasteiger partial charge in [-0.25, -0.2) is 0 Å². The molecule has 1 saturated carbocycles. The molecule has 1 heterocycles. The Balaban J connectivity index is 2.08. The van der Waals surface area contributed by atoms with Gasteiger partial charge < -0.3 is 10.2 Å². The molecule has 3 rings (SSSR count). The van der Waals surface area contributed by atoms with Gasteiger partial charge in [0.2, 0.25) is 5.91 Å². The van der Waals surface area contributed by atoms with E-state index >= 15 is 0 Å². The van der Waals surface area contributed by atoms with Crippen molar-refractivity contribution >= 4 is 40.5 Å². The van der Waals surface area contributed by atoms with Crippen LogP contribution in [0.25, 0.3) is 0 Å². The average molecular weight is 271 g/mol. The lowest BCUT2D eigenvalue weighted by Crippen LogP contribution is -2.26. The van der Waals surface area contributed by atoms with E-state index in [2.05, 4.69) is 10.2 Å². The Kier molecular flexibility index (Phi) is 2.68. The minimum Gasteiger partial charge on any atom is -0.366 e. The van der Waals surface area contributed by atoms with Gasteiger partial charge in [-0.1, -0.05) is 23.2 Å². The summed E-state index contributed by atoms with van der Waals surface area (Å²) in [6, 6.07) is 4.14. The van der Waals surface area contributed by atoms with Crippen molar-refractivity contribution in [2.75, 3.05) is 16.8 Å². The summed E-state index contributed by atoms with van der Waals surface area (Å²) in [5, 5.41) is 3.89. The van der Waals surface area contributed by atoms with Crippen molar-refractivity contribution in [2.24, 2.45) is 0 Å². The summed E-state index contributed by atoms with van der Waals surface area (Å²) in [5.74, 6) is 0.0350. The maximum absolute atomic E-state index is 11.6. The summed E-state index contributed by atoms with van der Waals surface area (Å²) < 4.78 is 0. The van der Waals surface area contributed by atoms with Gasteiger partial charge in [0, 0.05) is 19.0 Å². The molecule has 1 aromatic rings. The van der Waals surface area contributed by atoms with Crippen molar-refractivity contribution in [3.8, 4) is 0 Å². The first kappa shape index (κ1) is 11.2. The second-order valence-corrected chi connectivity index (χ2v) is 5.32. The molecular formula is C12H12Cl2N2O. The number of fused-ring (bicyclic) bond motifs is 1. The third-order valence-electron chi connectivity index (χ3n) is 3.19. The molecule has 0 unspecified atom stereocenters. The highest BCUT2D eigenvalue weighted by Crippen LogP contribution is 2.41. The lowest BCUT2D eigenvalue weighted by atomic mass is 10.2. The van der Waals surface area contributed by atoms with Crippen LogP contribution in [-0.2, 0) is 4.79 Å². The van der Waals surface area contributed by atoms with E-state index in [-0.39, 0.29) is 5.91 Å². The molecule has 1 fully saturated rings. The van der Waals surface area contributed by atoms with Crippen LogP contribution in [0.5, 0.6) is 0 Å². The van der Waals surface area contributed by atoms with Crippen molar-refractivity contribution in [3.63, 3.8) is 0 Å². The zero-order valence-corrected chi connectivity index (χ0v) is 10.7. The predicted octanol–water partition coefficient (Wildman–Crippen LogP) is 3.30. The number of hydrogen-bond donors (Lipinski definition) is 1. The van der Waals surface area contributed by atoms with Gasteiger partial charge in [-0.05, 0) is 25.0 Å². The fourth-order valence-corrected chi connectivity index (χ4v) is 2.52. The summed E-state index contributed by atoms with van der Waals surface area (Å²) in [7, 11) is 0. The van der Waals surface area contributed by atoms with Gasteiger partial charge in [0.05, 0.1) is 21.4 Å². The summed E-state index contributed by atoms with van der Waals surface area (Å²) in [4.78, 5) is 13.9. The van der Waals surface area contributed by atoms with Crippen molar-refractivity contribution in [1.82, 2.24) is 0 Å². The Bertz CT molecular complexity index is 486. The highest BCUT2D eigenvalue weighted by Gasteiger charge is 2.32. The van der Waals surface area contributed by atoms with Crippen molar-refractivity contribution in [3.05, 3.63) is 22.2 Å². The van der Waals surface area contributed by atoms with E-state index in [0.717, 1.165) is 17.9 Å². The Morgan fingerprint density at radius 2 is 1.94 bits per heavy atom. The molecule has 0 radical (unpaired) electrons. The molecule has 1 aliphatic carbocycles. The average Bonchev–Trinajstić information content (AvgIpc) is 3.08. The molecular weight excluding hydrogens is 259 g/mol. The third kappa shape index (κ3) is 2.09. The molecule has 5 heteroatoms. The molecule has 17 heavy (non-hydrogen) atoms. The highest BCUT2D eigenvalue weighted by atomic mass is 35.5. The number of benzene rings is 1. The Labute approximate surface area is 110 Å². The third-order valence-corrected chi connectivity index (χ3v) is 3.91. The number of carbonyl (C=O) groups excluding carboxylic acids is 1. The lowest BCUT2D eigenvalue weighted by molar-refractivity contribution is -0.115. The number of halogens is 2. The first-order valence-electron chi connectivity index (χ1n) is 5.70. The van der Waals surface area contributed by atoms with Gasteiger partial charge in [0.15, 0.2) is 0 Å². The summed E-state index contributed by atoms with van der Waals surface area (Å²) in [6.07, 6.45) is 2.89. The fourth-order valence-electron chi connectivity index (χ4n) is 2.19. The maximum atomic E-state index is 11.6. The van der Waals surface area contributed by atoms with Gasteiger partial charge >= 0.3 is 0 Å². The quantitative estimate of drug-likeness (QED) is 0.849. The van der Waals surface area contributed by atoms with E-state index in [0.29, 0.717) is 22.5 Å². The normalized spacial score (nSPS) is 19.6. The van der Waals surface area contributed by atoms with E-state index < -0.39 is 0 Å². The Morgan fingerprint density at radius 1 is 1.24 bits per heavy atom. The molecule has 0 aromatic heterocycles. The monoisotopic (exact) mass is 270 g/mol. The zero-order chi connectivity index (χ0) is 12.0. The Morgan fingerprint density at radius 3 is 2.65 bits per heavy atom. The number of rotatable bonds is 1. The smallest absolute Gasteiger partial charge is 0.226 e. The number of hydrogen-bond acceptors (Lipinski definition) is 2. The second kappa shape index (κ2) is 4.07. The largest absolute Gasteiger partial charge is 0.366 e. The van der Waals surface area contributed by atoms with Gasteiger partial charge in [0.25, 0.3) is 0 Å². The van der Waals surface area contributed by atoms with Crippen LogP contribution in [-0.4, -0.2) is 18.5 Å².